The third-order valence-electron chi connectivity index (χ3n) is 5.25. The molecule has 0 fully saturated rings. The Morgan fingerprint density at radius 1 is 1.19 bits per heavy atom. The molecular formula is C23H26N6O2. The zero-order chi connectivity index (χ0) is 21.8. The van der Waals surface area contributed by atoms with E-state index in [9.17, 15) is 9.59 Å². The largest absolute Gasteiger partial charge is 0.359 e. The minimum atomic E-state index is -0.207. The summed E-state index contributed by atoms with van der Waals surface area (Å²) in [5, 5.41) is 10.4. The lowest BCUT2D eigenvalue weighted by Crippen LogP contribution is -2.40. The van der Waals surface area contributed by atoms with Crippen molar-refractivity contribution in [2.45, 2.75) is 33.4 Å². The molecule has 160 valence electrons. The molecule has 0 unspecified atom stereocenters. The number of nitrogens with one attached hydrogen (secondary N) is 2. The van der Waals surface area contributed by atoms with Crippen LogP contribution in [0, 0.1) is 13.8 Å². The normalized spacial score (nSPS) is 13.0. The molecule has 3 heterocycles. The first-order valence-corrected chi connectivity index (χ1v) is 10.4. The van der Waals surface area contributed by atoms with Crippen LogP contribution in [0.1, 0.15) is 33.7 Å². The number of pyridine rings is 1. The summed E-state index contributed by atoms with van der Waals surface area (Å²) < 4.78 is 1.95. The molecule has 4 rings (SSSR count). The van der Waals surface area contributed by atoms with Gasteiger partial charge in [-0.2, -0.15) is 5.10 Å². The average molecular weight is 419 g/mol. The van der Waals surface area contributed by atoms with E-state index >= 15 is 0 Å². The number of aromatic nitrogens is 3. The average Bonchev–Trinajstić information content (AvgIpc) is 3.10. The summed E-state index contributed by atoms with van der Waals surface area (Å²) in [7, 11) is 0. The first-order chi connectivity index (χ1) is 15.0. The standard InChI is InChI=1S/C23H26N6O2/c1-16-11-17(2)29(27-16)10-6-9-24-23(31)19-12-20-22(25-13-19)26-14-21(30)28(20)15-18-7-4-3-5-8-18/h3-5,7-8,11-13H,6,9-10,14-15H2,1-2H3,(H,24,31)(H,25,26). The second kappa shape index (κ2) is 8.99. The van der Waals surface area contributed by atoms with Crippen molar-refractivity contribution in [3.63, 3.8) is 0 Å². The number of hydrogen-bond acceptors (Lipinski definition) is 5. The number of nitrogens with zero attached hydrogens (tertiary/aromatic N) is 4. The molecule has 1 aliphatic rings. The van der Waals surface area contributed by atoms with Gasteiger partial charge in [-0.05, 0) is 38.0 Å². The van der Waals surface area contributed by atoms with E-state index in [2.05, 4.69) is 20.7 Å². The lowest BCUT2D eigenvalue weighted by atomic mass is 10.1. The summed E-state index contributed by atoms with van der Waals surface area (Å²) in [5.74, 6) is 0.346. The Morgan fingerprint density at radius 2 is 2.00 bits per heavy atom. The van der Waals surface area contributed by atoms with E-state index in [0.29, 0.717) is 30.2 Å². The number of anilines is 2. The highest BCUT2D eigenvalue weighted by Crippen LogP contribution is 2.29. The number of carbonyl (C=O) groups excluding carboxylic acids is 2. The third kappa shape index (κ3) is 4.74. The van der Waals surface area contributed by atoms with Gasteiger partial charge >= 0.3 is 0 Å². The second-order valence-electron chi connectivity index (χ2n) is 7.67. The first-order valence-electron chi connectivity index (χ1n) is 10.4. The lowest BCUT2D eigenvalue weighted by Gasteiger charge is -2.29. The molecular weight excluding hydrogens is 392 g/mol. The number of fused-ring (bicyclic) bond motifs is 1. The number of rotatable bonds is 7. The van der Waals surface area contributed by atoms with Crippen molar-refractivity contribution in [1.29, 1.82) is 0 Å². The SMILES string of the molecule is Cc1cc(C)n(CCCNC(=O)c2cnc3c(c2)N(Cc2ccccc2)C(=O)CN3)n1. The van der Waals surface area contributed by atoms with E-state index < -0.39 is 0 Å². The molecule has 2 aromatic heterocycles. The van der Waals surface area contributed by atoms with Gasteiger partial charge in [0.2, 0.25) is 5.91 Å². The van der Waals surface area contributed by atoms with Crippen LogP contribution in [-0.4, -0.2) is 39.7 Å². The highest BCUT2D eigenvalue weighted by Gasteiger charge is 2.26. The number of benzene rings is 1. The van der Waals surface area contributed by atoms with Crippen LogP contribution in [0.2, 0.25) is 0 Å². The summed E-state index contributed by atoms with van der Waals surface area (Å²) in [4.78, 5) is 31.3. The second-order valence-corrected chi connectivity index (χ2v) is 7.67. The molecule has 0 atom stereocenters. The first kappa shape index (κ1) is 20.6. The van der Waals surface area contributed by atoms with Crippen LogP contribution in [0.4, 0.5) is 11.5 Å². The van der Waals surface area contributed by atoms with Crippen LogP contribution in [0.5, 0.6) is 0 Å². The summed E-state index contributed by atoms with van der Waals surface area (Å²) in [6.45, 7) is 5.88. The van der Waals surface area contributed by atoms with Crippen LogP contribution in [0.15, 0.2) is 48.7 Å². The maximum Gasteiger partial charge on any atom is 0.252 e. The van der Waals surface area contributed by atoms with Gasteiger partial charge in [0.15, 0.2) is 5.82 Å². The molecule has 2 N–H and O–H groups in total. The molecule has 0 aliphatic carbocycles. The zero-order valence-electron chi connectivity index (χ0n) is 17.8. The predicted molar refractivity (Wildman–Crippen MR) is 119 cm³/mol. The molecule has 8 heteroatoms. The minimum absolute atomic E-state index is 0.0550. The monoisotopic (exact) mass is 418 g/mol. The van der Waals surface area contributed by atoms with Crippen LogP contribution in [-0.2, 0) is 17.9 Å². The lowest BCUT2D eigenvalue weighted by molar-refractivity contribution is -0.117. The number of aryl methyl sites for hydroxylation is 3. The molecule has 2 amide bonds. The number of carbonyl (C=O) groups is 2. The van der Waals surface area contributed by atoms with Gasteiger partial charge in [-0.3, -0.25) is 14.3 Å². The van der Waals surface area contributed by atoms with Gasteiger partial charge < -0.3 is 15.5 Å². The molecule has 1 aromatic carbocycles. The number of amides is 2. The third-order valence-corrected chi connectivity index (χ3v) is 5.25. The van der Waals surface area contributed by atoms with E-state index in [0.717, 1.165) is 29.9 Å². The molecule has 0 bridgehead atoms. The van der Waals surface area contributed by atoms with Crippen molar-refractivity contribution in [3.05, 3.63) is 71.2 Å². The Bertz CT molecular complexity index is 1090. The summed E-state index contributed by atoms with van der Waals surface area (Å²) >= 11 is 0. The highest BCUT2D eigenvalue weighted by molar-refractivity contribution is 6.04. The van der Waals surface area contributed by atoms with Crippen molar-refractivity contribution in [1.82, 2.24) is 20.1 Å². The maximum atomic E-state index is 12.7. The Kier molecular flexibility index (Phi) is 5.97. The Labute approximate surface area is 181 Å². The smallest absolute Gasteiger partial charge is 0.252 e. The van der Waals surface area contributed by atoms with Gasteiger partial charge in [0.1, 0.15) is 0 Å². The van der Waals surface area contributed by atoms with Crippen molar-refractivity contribution in [2.75, 3.05) is 23.3 Å². The molecule has 0 spiro atoms. The Hall–Kier alpha value is -3.68. The van der Waals surface area contributed by atoms with E-state index in [1.54, 1.807) is 17.2 Å². The Balaban J connectivity index is 1.42. The van der Waals surface area contributed by atoms with E-state index in [1.807, 2.05) is 54.9 Å². The van der Waals surface area contributed by atoms with Crippen molar-refractivity contribution in [3.8, 4) is 0 Å². The molecule has 31 heavy (non-hydrogen) atoms. The molecule has 0 radical (unpaired) electrons. The molecule has 8 nitrogen and oxygen atoms in total. The maximum absolute atomic E-state index is 12.7. The summed E-state index contributed by atoms with van der Waals surface area (Å²) in [6.07, 6.45) is 2.31. The summed E-state index contributed by atoms with van der Waals surface area (Å²) in [6, 6.07) is 13.5. The molecule has 0 saturated carbocycles. The van der Waals surface area contributed by atoms with Crippen molar-refractivity contribution >= 4 is 23.3 Å². The zero-order valence-corrected chi connectivity index (χ0v) is 17.8. The topological polar surface area (TPSA) is 92.2 Å². The highest BCUT2D eigenvalue weighted by atomic mass is 16.2. The van der Waals surface area contributed by atoms with Crippen molar-refractivity contribution in [2.24, 2.45) is 0 Å². The van der Waals surface area contributed by atoms with Crippen LogP contribution >= 0.6 is 0 Å². The van der Waals surface area contributed by atoms with Crippen molar-refractivity contribution < 1.29 is 9.59 Å². The van der Waals surface area contributed by atoms with Crippen LogP contribution in [0.3, 0.4) is 0 Å². The van der Waals surface area contributed by atoms with E-state index in [1.165, 1.54) is 0 Å². The van der Waals surface area contributed by atoms with E-state index in [-0.39, 0.29) is 18.4 Å². The minimum Gasteiger partial charge on any atom is -0.359 e. The fourth-order valence-corrected chi connectivity index (χ4v) is 3.68. The quantitative estimate of drug-likeness (QED) is 0.576. The van der Waals surface area contributed by atoms with Crippen LogP contribution < -0.4 is 15.5 Å². The Morgan fingerprint density at radius 3 is 2.74 bits per heavy atom. The van der Waals surface area contributed by atoms with Gasteiger partial charge in [0, 0.05) is 25.0 Å². The summed E-state index contributed by atoms with van der Waals surface area (Å²) in [5.41, 5.74) is 4.17. The number of hydrogen-bond donors (Lipinski definition) is 2. The van der Waals surface area contributed by atoms with Gasteiger partial charge in [-0.25, -0.2) is 4.98 Å². The van der Waals surface area contributed by atoms with Gasteiger partial charge in [0.05, 0.1) is 30.0 Å². The van der Waals surface area contributed by atoms with Crippen LogP contribution in [0.25, 0.3) is 0 Å². The fourth-order valence-electron chi connectivity index (χ4n) is 3.68. The van der Waals surface area contributed by atoms with E-state index in [4.69, 9.17) is 0 Å². The molecule has 1 aliphatic heterocycles. The molecule has 3 aromatic rings. The van der Waals surface area contributed by atoms with Gasteiger partial charge in [-0.1, -0.05) is 30.3 Å². The predicted octanol–water partition coefficient (Wildman–Crippen LogP) is 2.67. The van der Waals surface area contributed by atoms with Gasteiger partial charge in [0.25, 0.3) is 5.91 Å². The fraction of sp³-hybridized carbons (Fsp3) is 0.304. The van der Waals surface area contributed by atoms with Gasteiger partial charge in [-0.15, -0.1) is 0 Å². The molecule has 0 saturated heterocycles.